The summed E-state index contributed by atoms with van der Waals surface area (Å²) in [7, 11) is 0. The third-order valence-electron chi connectivity index (χ3n) is 3.25. The predicted molar refractivity (Wildman–Crippen MR) is 76.7 cm³/mol. The lowest BCUT2D eigenvalue weighted by atomic mass is 9.96. The van der Waals surface area contributed by atoms with Gasteiger partial charge in [-0.3, -0.25) is 0 Å². The molecule has 0 saturated carbocycles. The molecular weight excluding hydrogens is 288 g/mol. The van der Waals surface area contributed by atoms with Gasteiger partial charge in [-0.1, -0.05) is 24.3 Å². The molecule has 0 aliphatic carbocycles. The van der Waals surface area contributed by atoms with E-state index >= 15 is 0 Å². The van der Waals surface area contributed by atoms with E-state index in [1.807, 2.05) is 0 Å². The van der Waals surface area contributed by atoms with Gasteiger partial charge in [0.2, 0.25) is 0 Å². The molecule has 2 rings (SSSR count). The smallest absolute Gasteiger partial charge is 0.335 e. The summed E-state index contributed by atoms with van der Waals surface area (Å²) in [6.45, 7) is 0. The molecule has 0 spiro atoms. The van der Waals surface area contributed by atoms with Gasteiger partial charge in [0.1, 0.15) is 12.2 Å². The summed E-state index contributed by atoms with van der Waals surface area (Å²) in [5.41, 5.74) is 0.437. The second kappa shape index (κ2) is 6.38. The molecule has 0 saturated heterocycles. The first kappa shape index (κ1) is 15.7. The molecule has 4 N–H and O–H groups in total. The fraction of sp³-hybridized carbons (Fsp3) is 0.125. The van der Waals surface area contributed by atoms with Gasteiger partial charge in [0.05, 0.1) is 11.1 Å². The first-order chi connectivity index (χ1) is 10.4. The monoisotopic (exact) mass is 302 g/mol. The van der Waals surface area contributed by atoms with Crippen LogP contribution in [0.5, 0.6) is 0 Å². The number of aromatic carboxylic acids is 2. The maximum absolute atomic E-state index is 10.9. The Bertz CT molecular complexity index is 648. The van der Waals surface area contributed by atoms with Crippen molar-refractivity contribution in [3.05, 3.63) is 70.8 Å². The number of rotatable bonds is 5. The van der Waals surface area contributed by atoms with Crippen LogP contribution in [0.15, 0.2) is 48.5 Å². The van der Waals surface area contributed by atoms with Crippen molar-refractivity contribution in [3.63, 3.8) is 0 Å². The molecule has 0 aromatic heterocycles. The van der Waals surface area contributed by atoms with Crippen molar-refractivity contribution in [2.45, 2.75) is 12.2 Å². The molecular formula is C16H14O6. The van der Waals surface area contributed by atoms with Gasteiger partial charge < -0.3 is 20.4 Å². The molecule has 0 aliphatic rings. The van der Waals surface area contributed by atoms with Gasteiger partial charge in [0, 0.05) is 0 Å². The van der Waals surface area contributed by atoms with Gasteiger partial charge in [0.25, 0.3) is 0 Å². The van der Waals surface area contributed by atoms with Crippen molar-refractivity contribution in [2.24, 2.45) is 0 Å². The number of aliphatic hydroxyl groups excluding tert-OH is 2. The van der Waals surface area contributed by atoms with Crippen molar-refractivity contribution >= 4 is 11.9 Å². The predicted octanol–water partition coefficient (Wildman–Crippen LogP) is 1.85. The second-order valence-corrected chi connectivity index (χ2v) is 4.75. The van der Waals surface area contributed by atoms with E-state index < -0.39 is 24.1 Å². The Morgan fingerprint density at radius 3 is 1.41 bits per heavy atom. The maximum atomic E-state index is 10.9. The molecule has 2 aromatic rings. The zero-order valence-electron chi connectivity index (χ0n) is 11.4. The molecule has 0 heterocycles. The van der Waals surface area contributed by atoms with Crippen LogP contribution < -0.4 is 0 Å². The quantitative estimate of drug-likeness (QED) is 0.670. The molecule has 2 atom stereocenters. The highest BCUT2D eigenvalue weighted by atomic mass is 16.4. The number of carbonyl (C=O) groups is 2. The fourth-order valence-corrected chi connectivity index (χ4v) is 2.08. The average molecular weight is 302 g/mol. The lowest BCUT2D eigenvalue weighted by Gasteiger charge is -2.19. The molecule has 22 heavy (non-hydrogen) atoms. The van der Waals surface area contributed by atoms with Crippen molar-refractivity contribution in [3.8, 4) is 0 Å². The summed E-state index contributed by atoms with van der Waals surface area (Å²) in [4.78, 5) is 21.9. The first-order valence-corrected chi connectivity index (χ1v) is 6.43. The Hall–Kier alpha value is -2.70. The van der Waals surface area contributed by atoms with Crippen molar-refractivity contribution < 1.29 is 30.0 Å². The van der Waals surface area contributed by atoms with E-state index in [2.05, 4.69) is 0 Å². The van der Waals surface area contributed by atoms with Crippen LogP contribution in [0.4, 0.5) is 0 Å². The van der Waals surface area contributed by atoms with Crippen LogP contribution in [-0.4, -0.2) is 32.4 Å². The first-order valence-electron chi connectivity index (χ1n) is 6.43. The number of benzene rings is 2. The zero-order valence-corrected chi connectivity index (χ0v) is 11.4. The number of carboxylic acids is 2. The van der Waals surface area contributed by atoms with Gasteiger partial charge in [-0.05, 0) is 35.4 Å². The minimum atomic E-state index is -1.37. The van der Waals surface area contributed by atoms with Crippen LogP contribution >= 0.6 is 0 Å². The Morgan fingerprint density at radius 1 is 0.727 bits per heavy atom. The third kappa shape index (κ3) is 3.30. The van der Waals surface area contributed by atoms with E-state index in [0.29, 0.717) is 0 Å². The third-order valence-corrected chi connectivity index (χ3v) is 3.25. The van der Waals surface area contributed by atoms with Gasteiger partial charge in [-0.15, -0.1) is 0 Å². The van der Waals surface area contributed by atoms with E-state index in [1.54, 1.807) is 0 Å². The SMILES string of the molecule is O=C(O)c1cccc([C@H](O)[C@@H](O)c2cccc(C(=O)O)c2)c1. The molecule has 2 aromatic carbocycles. The molecule has 0 aliphatic heterocycles. The Balaban J connectivity index is 2.30. The molecule has 0 amide bonds. The lowest BCUT2D eigenvalue weighted by molar-refractivity contribution is 0.0171. The van der Waals surface area contributed by atoms with E-state index in [4.69, 9.17) is 10.2 Å². The van der Waals surface area contributed by atoms with Gasteiger partial charge in [0.15, 0.2) is 0 Å². The highest BCUT2D eigenvalue weighted by Gasteiger charge is 2.22. The summed E-state index contributed by atoms with van der Waals surface area (Å²) in [6, 6.07) is 11.2. The Labute approximate surface area is 125 Å². The lowest BCUT2D eigenvalue weighted by Crippen LogP contribution is -2.12. The molecule has 114 valence electrons. The highest BCUT2D eigenvalue weighted by Crippen LogP contribution is 2.29. The largest absolute Gasteiger partial charge is 0.478 e. The van der Waals surface area contributed by atoms with Crippen LogP contribution in [0.2, 0.25) is 0 Å². The second-order valence-electron chi connectivity index (χ2n) is 4.75. The number of aliphatic hydroxyl groups is 2. The summed E-state index contributed by atoms with van der Waals surface area (Å²) in [6.07, 6.45) is -2.74. The van der Waals surface area contributed by atoms with Gasteiger partial charge >= 0.3 is 11.9 Å². The Kier molecular flexibility index (Phi) is 4.55. The summed E-state index contributed by atoms with van der Waals surface area (Å²) in [5, 5.41) is 38.2. The molecule has 0 unspecified atom stereocenters. The number of carboxylic acid groups (broad SMARTS) is 2. The van der Waals surface area contributed by atoms with Crippen molar-refractivity contribution in [1.29, 1.82) is 0 Å². The van der Waals surface area contributed by atoms with Crippen LogP contribution in [0.1, 0.15) is 44.1 Å². The summed E-state index contributed by atoms with van der Waals surface area (Å²) < 4.78 is 0. The van der Waals surface area contributed by atoms with E-state index in [-0.39, 0.29) is 22.3 Å². The Morgan fingerprint density at radius 2 is 1.09 bits per heavy atom. The molecule has 6 heteroatoms. The minimum Gasteiger partial charge on any atom is -0.478 e. The normalized spacial score (nSPS) is 13.4. The van der Waals surface area contributed by atoms with Crippen LogP contribution in [0.3, 0.4) is 0 Å². The maximum Gasteiger partial charge on any atom is 0.335 e. The topological polar surface area (TPSA) is 115 Å². The van der Waals surface area contributed by atoms with E-state index in [1.165, 1.54) is 48.5 Å². The van der Waals surface area contributed by atoms with Crippen LogP contribution in [-0.2, 0) is 0 Å². The molecule has 0 fully saturated rings. The van der Waals surface area contributed by atoms with Gasteiger partial charge in [-0.25, -0.2) is 9.59 Å². The minimum absolute atomic E-state index is 0.0111. The molecule has 0 radical (unpaired) electrons. The fourth-order valence-electron chi connectivity index (χ4n) is 2.08. The standard InChI is InChI=1S/C16H14O6/c17-13(9-3-1-5-11(7-9)15(19)20)14(18)10-4-2-6-12(8-10)16(21)22/h1-8,13-14,17-18H,(H,19,20)(H,21,22)/t13-,14-/m0/s1. The number of hydrogen-bond donors (Lipinski definition) is 4. The van der Waals surface area contributed by atoms with E-state index in [0.717, 1.165) is 0 Å². The molecule has 6 nitrogen and oxygen atoms in total. The van der Waals surface area contributed by atoms with E-state index in [9.17, 15) is 19.8 Å². The van der Waals surface area contributed by atoms with Crippen LogP contribution in [0, 0.1) is 0 Å². The highest BCUT2D eigenvalue weighted by molar-refractivity contribution is 5.88. The molecule has 0 bridgehead atoms. The average Bonchev–Trinajstić information content (AvgIpc) is 2.53. The number of hydrogen-bond acceptors (Lipinski definition) is 4. The summed E-state index contributed by atoms with van der Waals surface area (Å²) >= 11 is 0. The van der Waals surface area contributed by atoms with Crippen LogP contribution in [0.25, 0.3) is 0 Å². The van der Waals surface area contributed by atoms with Gasteiger partial charge in [-0.2, -0.15) is 0 Å². The van der Waals surface area contributed by atoms with Crippen molar-refractivity contribution in [2.75, 3.05) is 0 Å². The zero-order chi connectivity index (χ0) is 16.3. The van der Waals surface area contributed by atoms with Crippen molar-refractivity contribution in [1.82, 2.24) is 0 Å². The summed E-state index contributed by atoms with van der Waals surface area (Å²) in [5.74, 6) is -2.28.